The van der Waals surface area contributed by atoms with Crippen molar-refractivity contribution in [3.8, 4) is 5.75 Å². The van der Waals surface area contributed by atoms with Crippen LogP contribution in [0.3, 0.4) is 0 Å². The summed E-state index contributed by atoms with van der Waals surface area (Å²) in [6, 6.07) is 16.9. The van der Waals surface area contributed by atoms with E-state index >= 15 is 0 Å². The average Bonchev–Trinajstić information content (AvgIpc) is 3.03. The van der Waals surface area contributed by atoms with Crippen LogP contribution in [-0.4, -0.2) is 41.5 Å². The molecule has 0 saturated heterocycles. The lowest BCUT2D eigenvalue weighted by molar-refractivity contribution is -0.385. The summed E-state index contributed by atoms with van der Waals surface area (Å²) in [6.45, 7) is 0.285. The van der Waals surface area contributed by atoms with Crippen molar-refractivity contribution in [3.05, 3.63) is 115 Å². The van der Waals surface area contributed by atoms with Crippen molar-refractivity contribution < 1.29 is 38.4 Å². The summed E-state index contributed by atoms with van der Waals surface area (Å²) in [7, 11) is 1.29. The van der Waals surface area contributed by atoms with E-state index in [9.17, 15) is 34.6 Å². The van der Waals surface area contributed by atoms with Gasteiger partial charge in [0.2, 0.25) is 5.75 Å². The molecule has 3 aromatic carbocycles. The smallest absolute Gasteiger partial charge is 0.338 e. The topological polar surface area (TPSA) is 165 Å². The van der Waals surface area contributed by atoms with E-state index in [-0.39, 0.29) is 36.6 Å². The van der Waals surface area contributed by atoms with Gasteiger partial charge in [-0.05, 0) is 42.2 Å². The standard InChI is InChI=1S/C33H34N2O10/c1-43-30(36)21-16-24-12-17-26(18-13-24)33(38)44-22-7-5-3-2-4-6-11-31(37)45-32-27(9-8-10-29(32)35(41)42)23-25-14-19-28(20-15-25)34(39)40/h8-10,12-21H,2-7,11,22-23H2,1H3/b21-16+. The molecule has 12 nitrogen and oxygen atoms in total. The number of unbranched alkanes of at least 4 members (excludes halogenated alkanes) is 5. The molecule has 0 fully saturated rings. The number of hydrogen-bond donors (Lipinski definition) is 0. The fourth-order valence-electron chi connectivity index (χ4n) is 4.38. The van der Waals surface area contributed by atoms with E-state index in [2.05, 4.69) is 4.74 Å². The van der Waals surface area contributed by atoms with Crippen molar-refractivity contribution in [2.24, 2.45) is 0 Å². The number of non-ortho nitro benzene ring substituents is 1. The third-order valence-corrected chi connectivity index (χ3v) is 6.80. The van der Waals surface area contributed by atoms with Crippen LogP contribution in [0, 0.1) is 20.2 Å². The van der Waals surface area contributed by atoms with Gasteiger partial charge in [-0.25, -0.2) is 9.59 Å². The second-order valence-electron chi connectivity index (χ2n) is 10.1. The maximum Gasteiger partial charge on any atom is 0.338 e. The molecule has 0 N–H and O–H groups in total. The largest absolute Gasteiger partial charge is 0.466 e. The van der Waals surface area contributed by atoms with Gasteiger partial charge in [-0.1, -0.05) is 62.1 Å². The predicted molar refractivity (Wildman–Crippen MR) is 165 cm³/mol. The second kappa shape index (κ2) is 17.7. The van der Waals surface area contributed by atoms with Gasteiger partial charge < -0.3 is 14.2 Å². The van der Waals surface area contributed by atoms with E-state index < -0.39 is 27.8 Å². The number of rotatable bonds is 17. The van der Waals surface area contributed by atoms with Crippen LogP contribution in [0.1, 0.15) is 72.0 Å². The summed E-state index contributed by atoms with van der Waals surface area (Å²) in [5.74, 6) is -1.59. The molecule has 0 amide bonds. The molecule has 236 valence electrons. The Morgan fingerprint density at radius 1 is 0.800 bits per heavy atom. The van der Waals surface area contributed by atoms with E-state index in [1.165, 1.54) is 37.5 Å². The molecule has 0 aliphatic heterocycles. The highest BCUT2D eigenvalue weighted by Gasteiger charge is 2.22. The van der Waals surface area contributed by atoms with Crippen molar-refractivity contribution in [2.75, 3.05) is 13.7 Å². The first kappa shape index (κ1) is 34.1. The Balaban J connectivity index is 1.36. The van der Waals surface area contributed by atoms with Crippen LogP contribution in [0.15, 0.2) is 72.8 Å². The summed E-state index contributed by atoms with van der Waals surface area (Å²) in [5.41, 5.74) is 1.87. The summed E-state index contributed by atoms with van der Waals surface area (Å²) in [4.78, 5) is 57.3. The number of nitrogens with zero attached hydrogens (tertiary/aromatic N) is 2. The zero-order valence-electron chi connectivity index (χ0n) is 24.8. The molecule has 0 aliphatic carbocycles. The molecule has 45 heavy (non-hydrogen) atoms. The van der Waals surface area contributed by atoms with Gasteiger partial charge in [0.05, 0.1) is 29.1 Å². The molecule has 0 spiro atoms. The maximum atomic E-state index is 12.6. The van der Waals surface area contributed by atoms with E-state index in [4.69, 9.17) is 9.47 Å². The Bertz CT molecular complexity index is 1520. The number of carbonyl (C=O) groups excluding carboxylic acids is 3. The Labute approximate surface area is 259 Å². The molecule has 12 heteroatoms. The van der Waals surface area contributed by atoms with Crippen LogP contribution < -0.4 is 4.74 Å². The number of hydrogen-bond acceptors (Lipinski definition) is 10. The molecule has 3 aromatic rings. The first-order chi connectivity index (χ1) is 21.7. The fourth-order valence-corrected chi connectivity index (χ4v) is 4.38. The molecular formula is C33H34N2O10. The molecule has 0 heterocycles. The Hall–Kier alpha value is -5.39. The highest BCUT2D eigenvalue weighted by molar-refractivity contribution is 5.90. The van der Waals surface area contributed by atoms with Gasteiger partial charge in [0.25, 0.3) is 5.69 Å². The lowest BCUT2D eigenvalue weighted by atomic mass is 10.0. The van der Waals surface area contributed by atoms with Gasteiger partial charge in [0, 0.05) is 42.7 Å². The first-order valence-electron chi connectivity index (χ1n) is 14.4. The number of esters is 3. The first-order valence-corrected chi connectivity index (χ1v) is 14.4. The van der Waals surface area contributed by atoms with Gasteiger partial charge in [-0.2, -0.15) is 0 Å². The Kier molecular flexibility index (Phi) is 13.4. The number of carbonyl (C=O) groups is 3. The van der Waals surface area contributed by atoms with Crippen LogP contribution >= 0.6 is 0 Å². The van der Waals surface area contributed by atoms with Crippen molar-refractivity contribution in [3.63, 3.8) is 0 Å². The molecule has 0 unspecified atom stereocenters. The number of benzene rings is 3. The molecule has 0 atom stereocenters. The van der Waals surface area contributed by atoms with Gasteiger partial charge >= 0.3 is 23.6 Å². The van der Waals surface area contributed by atoms with Gasteiger partial charge in [-0.15, -0.1) is 0 Å². The van der Waals surface area contributed by atoms with Crippen molar-refractivity contribution in [1.82, 2.24) is 0 Å². The van der Waals surface area contributed by atoms with E-state index in [0.717, 1.165) is 31.2 Å². The third-order valence-electron chi connectivity index (χ3n) is 6.80. The number of ether oxygens (including phenoxy) is 3. The minimum atomic E-state index is -0.609. The second-order valence-corrected chi connectivity index (χ2v) is 10.1. The molecule has 0 aromatic heterocycles. The molecule has 0 bridgehead atoms. The number of nitro groups is 2. The van der Waals surface area contributed by atoms with Gasteiger partial charge in [0.1, 0.15) is 0 Å². The lowest BCUT2D eigenvalue weighted by Crippen LogP contribution is -2.11. The Morgan fingerprint density at radius 3 is 2.11 bits per heavy atom. The summed E-state index contributed by atoms with van der Waals surface area (Å²) < 4.78 is 15.3. The minimum absolute atomic E-state index is 0.0701. The Morgan fingerprint density at radius 2 is 1.47 bits per heavy atom. The fraction of sp³-hybridized carbons (Fsp3) is 0.303. The van der Waals surface area contributed by atoms with Crippen LogP contribution in [0.4, 0.5) is 11.4 Å². The molecule has 0 aliphatic rings. The molecular weight excluding hydrogens is 584 g/mol. The van der Waals surface area contributed by atoms with Crippen LogP contribution in [0.2, 0.25) is 0 Å². The van der Waals surface area contributed by atoms with Crippen molar-refractivity contribution in [2.45, 2.75) is 51.4 Å². The zero-order chi connectivity index (χ0) is 32.6. The average molecular weight is 619 g/mol. The summed E-state index contributed by atoms with van der Waals surface area (Å²) in [6.07, 6.45) is 7.77. The van der Waals surface area contributed by atoms with Crippen molar-refractivity contribution in [1.29, 1.82) is 0 Å². The molecule has 0 radical (unpaired) electrons. The summed E-state index contributed by atoms with van der Waals surface area (Å²) >= 11 is 0. The quantitative estimate of drug-likeness (QED) is 0.0393. The van der Waals surface area contributed by atoms with Crippen molar-refractivity contribution >= 4 is 35.4 Å². The monoisotopic (exact) mass is 618 g/mol. The highest BCUT2D eigenvalue weighted by atomic mass is 16.6. The van der Waals surface area contributed by atoms with E-state index in [1.54, 1.807) is 48.5 Å². The van der Waals surface area contributed by atoms with E-state index in [1.807, 2.05) is 0 Å². The number of para-hydroxylation sites is 1. The summed E-state index contributed by atoms with van der Waals surface area (Å²) in [5, 5.41) is 22.5. The van der Waals surface area contributed by atoms with E-state index in [0.29, 0.717) is 29.5 Å². The molecule has 0 saturated carbocycles. The van der Waals surface area contributed by atoms with Gasteiger partial charge in [-0.3, -0.25) is 25.0 Å². The third kappa shape index (κ3) is 11.3. The van der Waals surface area contributed by atoms with Gasteiger partial charge in [0.15, 0.2) is 0 Å². The lowest BCUT2D eigenvalue weighted by Gasteiger charge is -2.11. The zero-order valence-corrected chi connectivity index (χ0v) is 24.8. The van der Waals surface area contributed by atoms with Crippen LogP contribution in [0.5, 0.6) is 5.75 Å². The number of nitro benzene ring substituents is 2. The highest BCUT2D eigenvalue weighted by Crippen LogP contribution is 2.33. The van der Waals surface area contributed by atoms with Crippen LogP contribution in [-0.2, 0) is 25.5 Å². The maximum absolute atomic E-state index is 12.6. The number of methoxy groups -OCH3 is 1. The normalized spacial score (nSPS) is 10.8. The SMILES string of the molecule is COC(=O)/C=C/c1ccc(C(=O)OCCCCCCCCC(=O)Oc2c(Cc3ccc([N+](=O)[O-])cc3)cccc2[N+](=O)[O-])cc1. The van der Waals surface area contributed by atoms with Crippen LogP contribution in [0.25, 0.3) is 6.08 Å². The predicted octanol–water partition coefficient (Wildman–Crippen LogP) is 6.77. The minimum Gasteiger partial charge on any atom is -0.466 e. The molecule has 3 rings (SSSR count).